The summed E-state index contributed by atoms with van der Waals surface area (Å²) in [4.78, 5) is 4.85. The molecule has 0 unspecified atom stereocenters. The second kappa shape index (κ2) is 9.83. The van der Waals surface area contributed by atoms with Gasteiger partial charge >= 0.3 is 0 Å². The number of thiophene rings is 1. The van der Waals surface area contributed by atoms with Crippen molar-refractivity contribution in [1.82, 2.24) is 5.32 Å². The van der Waals surface area contributed by atoms with E-state index < -0.39 is 0 Å². The maximum absolute atomic E-state index is 5.67. The van der Waals surface area contributed by atoms with Crippen LogP contribution in [-0.4, -0.2) is 43.9 Å². The minimum Gasteiger partial charge on any atom is -0.354 e. The molecule has 6 heteroatoms. The second-order valence-electron chi connectivity index (χ2n) is 7.96. The van der Waals surface area contributed by atoms with Gasteiger partial charge < -0.3 is 20.4 Å². The standard InChI is InChI=1S/C22H32N4S2/c1-5-25-10-12-26(13-11-25)21(20-7-6-14-28-20)18(4)23-22(27)24-19-15-16(2)8-9-17(19)3/h6-9,14-15,18,21H,5,10-13H2,1-4H3,(H2,23,24,27)/p+2/t18-,21+/m0/s1. The van der Waals surface area contributed by atoms with E-state index in [1.807, 2.05) is 11.3 Å². The monoisotopic (exact) mass is 418 g/mol. The maximum Gasteiger partial charge on any atom is 0.171 e. The van der Waals surface area contributed by atoms with E-state index in [1.54, 1.807) is 9.80 Å². The molecule has 1 aliphatic rings. The molecule has 4 nitrogen and oxygen atoms in total. The van der Waals surface area contributed by atoms with Crippen LogP contribution in [0, 0.1) is 13.8 Å². The van der Waals surface area contributed by atoms with E-state index >= 15 is 0 Å². The number of hydrogen-bond donors (Lipinski definition) is 4. The Balaban J connectivity index is 1.68. The molecule has 2 aromatic rings. The van der Waals surface area contributed by atoms with Gasteiger partial charge in [-0.05, 0) is 68.6 Å². The first-order chi connectivity index (χ1) is 13.5. The van der Waals surface area contributed by atoms with Gasteiger partial charge in [0.05, 0.1) is 17.5 Å². The van der Waals surface area contributed by atoms with E-state index in [0.717, 1.165) is 5.69 Å². The Kier molecular flexibility index (Phi) is 7.46. The highest BCUT2D eigenvalue weighted by molar-refractivity contribution is 7.80. The first kappa shape index (κ1) is 21.2. The van der Waals surface area contributed by atoms with Gasteiger partial charge in [0, 0.05) is 5.69 Å². The number of benzene rings is 1. The Bertz CT molecular complexity index is 767. The van der Waals surface area contributed by atoms with Crippen LogP contribution < -0.4 is 20.4 Å². The number of nitrogens with one attached hydrogen (secondary N) is 4. The lowest BCUT2D eigenvalue weighted by Gasteiger charge is -2.37. The molecule has 0 saturated carbocycles. The molecular formula is C22H34N4S2+2. The van der Waals surface area contributed by atoms with Crippen molar-refractivity contribution in [2.45, 2.75) is 39.8 Å². The third-order valence-electron chi connectivity index (χ3n) is 5.89. The van der Waals surface area contributed by atoms with Gasteiger partial charge in [-0.2, -0.15) is 0 Å². The van der Waals surface area contributed by atoms with Gasteiger partial charge in [0.2, 0.25) is 0 Å². The van der Waals surface area contributed by atoms with Crippen LogP contribution in [-0.2, 0) is 0 Å². The van der Waals surface area contributed by atoms with Crippen molar-refractivity contribution in [2.75, 3.05) is 38.0 Å². The summed E-state index contributed by atoms with van der Waals surface area (Å²) < 4.78 is 0. The number of aryl methyl sites for hydroxylation is 2. The Labute approximate surface area is 178 Å². The van der Waals surface area contributed by atoms with Gasteiger partial charge in [0.1, 0.15) is 32.2 Å². The smallest absolute Gasteiger partial charge is 0.171 e. The molecule has 3 rings (SSSR count). The fraction of sp³-hybridized carbons (Fsp3) is 0.500. The molecule has 1 saturated heterocycles. The molecule has 0 radical (unpaired) electrons. The Hall–Kier alpha value is -1.47. The lowest BCUT2D eigenvalue weighted by atomic mass is 10.0. The number of likely N-dealkylation sites (N-methyl/N-ethyl adjacent to an activating group) is 1. The van der Waals surface area contributed by atoms with Crippen molar-refractivity contribution in [3.05, 3.63) is 51.7 Å². The van der Waals surface area contributed by atoms with E-state index in [2.05, 4.69) is 74.0 Å². The summed E-state index contributed by atoms with van der Waals surface area (Å²) in [7, 11) is 0. The quantitative estimate of drug-likeness (QED) is 0.538. The van der Waals surface area contributed by atoms with Gasteiger partial charge in [-0.1, -0.05) is 18.2 Å². The molecular weight excluding hydrogens is 384 g/mol. The highest BCUT2D eigenvalue weighted by atomic mass is 32.1. The van der Waals surface area contributed by atoms with E-state index in [-0.39, 0.29) is 6.04 Å². The molecule has 0 bridgehead atoms. The molecule has 1 aromatic carbocycles. The summed E-state index contributed by atoms with van der Waals surface area (Å²) in [5, 5.41) is 9.89. The molecule has 1 fully saturated rings. The third-order valence-corrected chi connectivity index (χ3v) is 7.06. The van der Waals surface area contributed by atoms with Crippen LogP contribution in [0.15, 0.2) is 35.7 Å². The van der Waals surface area contributed by atoms with E-state index in [9.17, 15) is 0 Å². The largest absolute Gasteiger partial charge is 0.354 e. The molecule has 4 N–H and O–H groups in total. The van der Waals surface area contributed by atoms with Crippen molar-refractivity contribution in [3.8, 4) is 0 Å². The highest BCUT2D eigenvalue weighted by Crippen LogP contribution is 2.20. The fourth-order valence-corrected chi connectivity index (χ4v) is 5.46. The number of thiocarbonyl (C=S) groups is 1. The minimum absolute atomic E-state index is 0.266. The Morgan fingerprint density at radius 3 is 2.57 bits per heavy atom. The van der Waals surface area contributed by atoms with Crippen molar-refractivity contribution < 1.29 is 9.80 Å². The van der Waals surface area contributed by atoms with Crippen molar-refractivity contribution >= 4 is 34.4 Å². The fourth-order valence-electron chi connectivity index (χ4n) is 4.18. The third kappa shape index (κ3) is 5.32. The van der Waals surface area contributed by atoms with Crippen LogP contribution in [0.5, 0.6) is 0 Å². The van der Waals surface area contributed by atoms with Gasteiger partial charge in [0.15, 0.2) is 5.11 Å². The SMILES string of the molecule is CC[NH+]1CC[NH+]([C@@H](c2cccs2)[C@H](C)NC(=S)Nc2cc(C)ccc2C)CC1. The molecule has 1 aliphatic heterocycles. The topological polar surface area (TPSA) is 32.9 Å². The van der Waals surface area contributed by atoms with Crippen LogP contribution in [0.4, 0.5) is 5.69 Å². The second-order valence-corrected chi connectivity index (χ2v) is 9.35. The molecule has 2 heterocycles. The normalized spacial score (nSPS) is 21.7. The van der Waals surface area contributed by atoms with Crippen molar-refractivity contribution in [3.63, 3.8) is 0 Å². The van der Waals surface area contributed by atoms with Gasteiger partial charge in [-0.3, -0.25) is 0 Å². The average Bonchev–Trinajstić information content (AvgIpc) is 3.19. The summed E-state index contributed by atoms with van der Waals surface area (Å²) in [5.74, 6) is 0. The number of anilines is 1. The maximum atomic E-state index is 5.67. The van der Waals surface area contributed by atoms with Crippen LogP contribution in [0.3, 0.4) is 0 Å². The first-order valence-electron chi connectivity index (χ1n) is 10.3. The predicted octanol–water partition coefficient (Wildman–Crippen LogP) is 1.58. The minimum atomic E-state index is 0.266. The molecule has 2 atom stereocenters. The molecule has 0 amide bonds. The zero-order chi connectivity index (χ0) is 20.1. The Morgan fingerprint density at radius 1 is 1.18 bits per heavy atom. The van der Waals surface area contributed by atoms with E-state index in [0.29, 0.717) is 11.2 Å². The van der Waals surface area contributed by atoms with Gasteiger partial charge in [-0.15, -0.1) is 11.3 Å². The summed E-state index contributed by atoms with van der Waals surface area (Å²) in [6, 6.07) is 11.6. The number of hydrogen-bond acceptors (Lipinski definition) is 2. The number of quaternary nitrogens is 2. The highest BCUT2D eigenvalue weighted by Gasteiger charge is 2.34. The van der Waals surface area contributed by atoms with Gasteiger partial charge in [0.25, 0.3) is 0 Å². The number of rotatable bonds is 6. The zero-order valence-electron chi connectivity index (χ0n) is 17.5. The van der Waals surface area contributed by atoms with Crippen LogP contribution in [0.1, 0.15) is 35.9 Å². The molecule has 28 heavy (non-hydrogen) atoms. The summed E-state index contributed by atoms with van der Waals surface area (Å²) in [5.41, 5.74) is 3.53. The van der Waals surface area contributed by atoms with Crippen molar-refractivity contribution in [2.24, 2.45) is 0 Å². The van der Waals surface area contributed by atoms with E-state index in [1.165, 1.54) is 48.7 Å². The predicted molar refractivity (Wildman–Crippen MR) is 124 cm³/mol. The van der Waals surface area contributed by atoms with Crippen molar-refractivity contribution in [1.29, 1.82) is 0 Å². The molecule has 0 spiro atoms. The first-order valence-corrected chi connectivity index (χ1v) is 11.6. The number of piperazine rings is 1. The summed E-state index contributed by atoms with van der Waals surface area (Å²) >= 11 is 7.53. The van der Waals surface area contributed by atoms with E-state index in [4.69, 9.17) is 12.2 Å². The zero-order valence-corrected chi connectivity index (χ0v) is 19.1. The molecule has 1 aromatic heterocycles. The van der Waals surface area contributed by atoms with Crippen LogP contribution in [0.2, 0.25) is 0 Å². The summed E-state index contributed by atoms with van der Waals surface area (Å²) in [6.45, 7) is 15.0. The van der Waals surface area contributed by atoms with Crippen LogP contribution >= 0.6 is 23.6 Å². The summed E-state index contributed by atoms with van der Waals surface area (Å²) in [6.07, 6.45) is 0. The lowest BCUT2D eigenvalue weighted by molar-refractivity contribution is -1.03. The lowest BCUT2D eigenvalue weighted by Crippen LogP contribution is -3.28. The molecule has 152 valence electrons. The van der Waals surface area contributed by atoms with Gasteiger partial charge in [-0.25, -0.2) is 0 Å². The Morgan fingerprint density at radius 2 is 1.93 bits per heavy atom. The molecule has 0 aliphatic carbocycles. The van der Waals surface area contributed by atoms with Crippen LogP contribution in [0.25, 0.3) is 0 Å². The average molecular weight is 419 g/mol.